The molecule has 0 unspecified atom stereocenters. The van der Waals surface area contributed by atoms with Gasteiger partial charge in [0, 0.05) is 38.2 Å². The van der Waals surface area contributed by atoms with Crippen molar-refractivity contribution in [1.82, 2.24) is 9.13 Å². The molecule has 0 spiro atoms. The van der Waals surface area contributed by atoms with Crippen molar-refractivity contribution in [3.63, 3.8) is 0 Å². The maximum absolute atomic E-state index is 9.88. The summed E-state index contributed by atoms with van der Waals surface area (Å²) >= 11 is 0. The van der Waals surface area contributed by atoms with Crippen LogP contribution in [-0.2, 0) is 0 Å². The summed E-state index contributed by atoms with van der Waals surface area (Å²) in [5.74, 6) is 0. The summed E-state index contributed by atoms with van der Waals surface area (Å²) in [5, 5.41) is 24.0. The quantitative estimate of drug-likeness (QED) is 0.181. The highest BCUT2D eigenvalue weighted by atomic mass is 15.0. The van der Waals surface area contributed by atoms with Gasteiger partial charge in [0.15, 0.2) is 0 Å². The zero-order chi connectivity index (χ0) is 36.2. The number of fused-ring (bicyclic) bond motifs is 6. The largest absolute Gasteiger partial charge is 0.309 e. The molecule has 0 saturated heterocycles. The molecule has 0 saturated carbocycles. The van der Waals surface area contributed by atoms with E-state index in [-0.39, 0.29) is 0 Å². The van der Waals surface area contributed by atoms with Gasteiger partial charge in [-0.3, -0.25) is 0 Å². The first-order valence-corrected chi connectivity index (χ1v) is 18.0. The maximum Gasteiger partial charge on any atom is 0.0991 e. The fourth-order valence-electron chi connectivity index (χ4n) is 8.30. The van der Waals surface area contributed by atoms with Crippen LogP contribution in [0.1, 0.15) is 11.1 Å². The third-order valence-corrected chi connectivity index (χ3v) is 10.6. The Hall–Kier alpha value is -7.66. The average molecular weight is 687 g/mol. The Balaban J connectivity index is 1.37. The van der Waals surface area contributed by atoms with Gasteiger partial charge in [-0.05, 0) is 71.3 Å². The molecule has 2 heterocycles. The fraction of sp³-hybridized carbons (Fsp3) is 0. The second-order valence-electron chi connectivity index (χ2n) is 13.5. The van der Waals surface area contributed by atoms with Crippen molar-refractivity contribution >= 4 is 43.6 Å². The smallest absolute Gasteiger partial charge is 0.0991 e. The van der Waals surface area contributed by atoms with Gasteiger partial charge in [0.25, 0.3) is 0 Å². The van der Waals surface area contributed by atoms with E-state index in [9.17, 15) is 10.5 Å². The van der Waals surface area contributed by atoms with E-state index in [1.165, 1.54) is 10.8 Å². The van der Waals surface area contributed by atoms with Gasteiger partial charge in [-0.1, -0.05) is 127 Å². The number of hydrogen-bond donors (Lipinski definition) is 0. The van der Waals surface area contributed by atoms with Gasteiger partial charge < -0.3 is 9.13 Å². The molecule has 0 aliphatic heterocycles. The van der Waals surface area contributed by atoms with Crippen LogP contribution in [0.25, 0.3) is 88.4 Å². The summed E-state index contributed by atoms with van der Waals surface area (Å²) in [6.07, 6.45) is 0. The minimum Gasteiger partial charge on any atom is -0.309 e. The summed E-state index contributed by atoms with van der Waals surface area (Å²) < 4.78 is 4.73. The normalized spacial score (nSPS) is 11.3. The molecular formula is C50H30N4. The predicted molar refractivity (Wildman–Crippen MR) is 221 cm³/mol. The first-order valence-electron chi connectivity index (χ1n) is 18.0. The number of hydrogen-bond acceptors (Lipinski definition) is 2. The van der Waals surface area contributed by atoms with Crippen molar-refractivity contribution in [2.24, 2.45) is 0 Å². The Kier molecular flexibility index (Phi) is 7.22. The molecule has 4 heteroatoms. The lowest BCUT2D eigenvalue weighted by atomic mass is 9.89. The highest BCUT2D eigenvalue weighted by molar-refractivity contribution is 6.13. The van der Waals surface area contributed by atoms with E-state index in [1.54, 1.807) is 0 Å². The lowest BCUT2D eigenvalue weighted by molar-refractivity contribution is 1.17. The molecule has 2 aromatic heterocycles. The van der Waals surface area contributed by atoms with Crippen LogP contribution >= 0.6 is 0 Å². The molecule has 0 N–H and O–H groups in total. The van der Waals surface area contributed by atoms with E-state index in [4.69, 9.17) is 0 Å². The molecule has 0 atom stereocenters. The van der Waals surface area contributed by atoms with Gasteiger partial charge in [0.2, 0.25) is 0 Å². The van der Waals surface area contributed by atoms with Crippen LogP contribution < -0.4 is 0 Å². The van der Waals surface area contributed by atoms with Crippen LogP contribution in [0.5, 0.6) is 0 Å². The Morgan fingerprint density at radius 3 is 1.43 bits per heavy atom. The molecule has 0 aliphatic rings. The van der Waals surface area contributed by atoms with Crippen LogP contribution in [0.2, 0.25) is 0 Å². The molecule has 0 aliphatic carbocycles. The summed E-state index contributed by atoms with van der Waals surface area (Å²) in [6.45, 7) is 0. The Bertz CT molecular complexity index is 3050. The van der Waals surface area contributed by atoms with Crippen molar-refractivity contribution in [2.75, 3.05) is 0 Å². The van der Waals surface area contributed by atoms with E-state index < -0.39 is 0 Å². The molecule has 4 nitrogen and oxygen atoms in total. The summed E-state index contributed by atoms with van der Waals surface area (Å²) in [6, 6.07) is 68.1. The molecule has 54 heavy (non-hydrogen) atoms. The minimum absolute atomic E-state index is 0.578. The lowest BCUT2D eigenvalue weighted by Crippen LogP contribution is -2.03. The SMILES string of the molecule is N#Cc1ccc2c(c1)c1cc(C#N)ccc1n2-c1cccc(-c2cccc(-c3ccccc3)c2-n2c3ccccc3c3ccccc32)c1-c1ccccc1. The third kappa shape index (κ3) is 4.76. The Morgan fingerprint density at radius 2 is 0.833 bits per heavy atom. The van der Waals surface area contributed by atoms with Crippen LogP contribution in [0.3, 0.4) is 0 Å². The molecular weight excluding hydrogens is 657 g/mol. The first-order chi connectivity index (χ1) is 26.7. The molecule has 250 valence electrons. The van der Waals surface area contributed by atoms with Crippen LogP contribution in [0.15, 0.2) is 182 Å². The second-order valence-corrected chi connectivity index (χ2v) is 13.5. The number of nitriles is 2. The van der Waals surface area contributed by atoms with Crippen molar-refractivity contribution in [3.05, 3.63) is 193 Å². The number of para-hydroxylation sites is 3. The summed E-state index contributed by atoms with van der Waals surface area (Å²) in [4.78, 5) is 0. The number of aromatic nitrogens is 2. The van der Waals surface area contributed by atoms with E-state index in [1.807, 2.05) is 36.4 Å². The minimum atomic E-state index is 0.578. The number of rotatable bonds is 5. The van der Waals surface area contributed by atoms with E-state index in [0.717, 1.165) is 77.6 Å². The van der Waals surface area contributed by atoms with Gasteiger partial charge in [-0.15, -0.1) is 0 Å². The zero-order valence-corrected chi connectivity index (χ0v) is 29.1. The van der Waals surface area contributed by atoms with Crippen molar-refractivity contribution < 1.29 is 0 Å². The zero-order valence-electron chi connectivity index (χ0n) is 29.1. The fourth-order valence-corrected chi connectivity index (χ4v) is 8.30. The number of benzene rings is 8. The summed E-state index contributed by atoms with van der Waals surface area (Å²) in [5.41, 5.74) is 14.1. The Morgan fingerprint density at radius 1 is 0.352 bits per heavy atom. The second kappa shape index (κ2) is 12.5. The van der Waals surface area contributed by atoms with Gasteiger partial charge in [0.05, 0.1) is 56.7 Å². The van der Waals surface area contributed by atoms with Crippen LogP contribution in [0.4, 0.5) is 0 Å². The van der Waals surface area contributed by atoms with E-state index >= 15 is 0 Å². The first kappa shape index (κ1) is 31.1. The Labute approximate surface area is 312 Å². The maximum atomic E-state index is 9.88. The number of nitrogens with zero attached hydrogens (tertiary/aromatic N) is 4. The monoisotopic (exact) mass is 686 g/mol. The van der Waals surface area contributed by atoms with Crippen molar-refractivity contribution in [2.45, 2.75) is 0 Å². The van der Waals surface area contributed by atoms with Crippen LogP contribution in [0, 0.1) is 22.7 Å². The van der Waals surface area contributed by atoms with Crippen LogP contribution in [-0.4, -0.2) is 9.13 Å². The highest BCUT2D eigenvalue weighted by Crippen LogP contribution is 2.46. The molecule has 10 rings (SSSR count). The molecule has 8 aromatic carbocycles. The topological polar surface area (TPSA) is 57.4 Å². The molecule has 0 bridgehead atoms. The van der Waals surface area contributed by atoms with Gasteiger partial charge >= 0.3 is 0 Å². The molecule has 0 fully saturated rings. The highest BCUT2D eigenvalue weighted by Gasteiger charge is 2.24. The van der Waals surface area contributed by atoms with Crippen molar-refractivity contribution in [1.29, 1.82) is 10.5 Å². The molecule has 10 aromatic rings. The average Bonchev–Trinajstić information content (AvgIpc) is 3.75. The van der Waals surface area contributed by atoms with E-state index in [0.29, 0.717) is 11.1 Å². The van der Waals surface area contributed by atoms with E-state index in [2.05, 4.69) is 167 Å². The van der Waals surface area contributed by atoms with Gasteiger partial charge in [0.1, 0.15) is 0 Å². The summed E-state index contributed by atoms with van der Waals surface area (Å²) in [7, 11) is 0. The third-order valence-electron chi connectivity index (χ3n) is 10.6. The predicted octanol–water partition coefficient (Wildman–Crippen LogP) is 12.6. The van der Waals surface area contributed by atoms with Gasteiger partial charge in [-0.2, -0.15) is 10.5 Å². The van der Waals surface area contributed by atoms with Crippen molar-refractivity contribution in [3.8, 4) is 56.9 Å². The standard InChI is InChI=1S/C50H30N4/c51-31-33-25-27-46-42(29-33)43-30-34(32-52)26-28-47(43)53(46)48-24-12-20-40(49(48)36-15-5-2-6-16-36)41-21-11-19-37(35-13-3-1-4-14-35)50(41)54-44-22-9-7-17-38(44)39-18-8-10-23-45(39)54/h1-30H. The molecule has 0 radical (unpaired) electrons. The lowest BCUT2D eigenvalue weighted by Gasteiger charge is -2.23. The van der Waals surface area contributed by atoms with Gasteiger partial charge in [-0.25, -0.2) is 0 Å². The molecule has 0 amide bonds.